The van der Waals surface area contributed by atoms with Gasteiger partial charge in [-0.3, -0.25) is 4.79 Å². The number of carbonyl (C=O) groups is 1. The van der Waals surface area contributed by atoms with Crippen molar-refractivity contribution in [1.82, 2.24) is 0 Å². The van der Waals surface area contributed by atoms with Gasteiger partial charge in [0.2, 0.25) is 0 Å². The van der Waals surface area contributed by atoms with Crippen LogP contribution in [0.15, 0.2) is 24.3 Å². The third-order valence-electron chi connectivity index (χ3n) is 1.96. The van der Waals surface area contributed by atoms with E-state index in [0.29, 0.717) is 5.75 Å². The molecule has 0 bridgehead atoms. The largest absolute Gasteiger partial charge is 0.508 e. The lowest BCUT2D eigenvalue weighted by Crippen LogP contribution is -2.15. The van der Waals surface area contributed by atoms with Gasteiger partial charge in [0.1, 0.15) is 5.75 Å². The minimum Gasteiger partial charge on any atom is -0.508 e. The monoisotopic (exact) mass is 212 g/mol. The van der Waals surface area contributed by atoms with Gasteiger partial charge in [0.05, 0.1) is 13.0 Å². The first kappa shape index (κ1) is 10.9. The number of thiol groups is 1. The summed E-state index contributed by atoms with van der Waals surface area (Å²) in [4.78, 5) is 11.3. The minimum absolute atomic E-state index is 0.177. The molecule has 0 spiro atoms. The Morgan fingerprint density at radius 1 is 1.50 bits per heavy atom. The van der Waals surface area contributed by atoms with E-state index in [-0.39, 0.29) is 17.6 Å². The molecule has 0 aromatic heterocycles. The number of hydrogen-bond acceptors (Lipinski definition) is 4. The van der Waals surface area contributed by atoms with Crippen LogP contribution in [-0.2, 0) is 9.53 Å². The second kappa shape index (κ2) is 4.91. The molecule has 0 saturated heterocycles. The van der Waals surface area contributed by atoms with Crippen molar-refractivity contribution < 1.29 is 14.6 Å². The van der Waals surface area contributed by atoms with Crippen molar-refractivity contribution in [2.75, 3.05) is 12.9 Å². The molecule has 1 rings (SSSR count). The molecule has 1 atom stereocenters. The van der Waals surface area contributed by atoms with Crippen LogP contribution in [-0.4, -0.2) is 23.9 Å². The number of aromatic hydroxyl groups is 1. The molecule has 1 unspecified atom stereocenters. The highest BCUT2D eigenvalue weighted by atomic mass is 32.1. The number of phenols is 1. The molecular formula is C10H12O3S. The Kier molecular flexibility index (Phi) is 3.83. The van der Waals surface area contributed by atoms with Crippen LogP contribution in [0.1, 0.15) is 11.5 Å². The number of esters is 1. The van der Waals surface area contributed by atoms with E-state index in [1.54, 1.807) is 12.1 Å². The van der Waals surface area contributed by atoms with Crippen molar-refractivity contribution in [3.8, 4) is 5.75 Å². The fourth-order valence-corrected chi connectivity index (χ4v) is 1.52. The van der Waals surface area contributed by atoms with Gasteiger partial charge in [-0.2, -0.15) is 12.6 Å². The summed E-state index contributed by atoms with van der Waals surface area (Å²) in [7, 11) is 1.35. The van der Waals surface area contributed by atoms with Crippen LogP contribution in [0.25, 0.3) is 0 Å². The highest BCUT2D eigenvalue weighted by molar-refractivity contribution is 7.80. The van der Waals surface area contributed by atoms with Crippen LogP contribution in [0.2, 0.25) is 0 Å². The quantitative estimate of drug-likeness (QED) is 0.590. The molecule has 76 valence electrons. The normalized spacial score (nSPS) is 12.1. The Morgan fingerprint density at radius 3 is 2.50 bits per heavy atom. The molecule has 1 N–H and O–H groups in total. The van der Waals surface area contributed by atoms with Gasteiger partial charge in [0.15, 0.2) is 0 Å². The first-order valence-corrected chi connectivity index (χ1v) is 4.80. The van der Waals surface area contributed by atoms with Crippen molar-refractivity contribution in [2.24, 2.45) is 0 Å². The summed E-state index contributed by atoms with van der Waals surface area (Å²) in [6.07, 6.45) is 0. The van der Waals surface area contributed by atoms with Crippen molar-refractivity contribution in [3.63, 3.8) is 0 Å². The van der Waals surface area contributed by atoms with Crippen molar-refractivity contribution >= 4 is 18.6 Å². The molecule has 14 heavy (non-hydrogen) atoms. The second-order valence-electron chi connectivity index (χ2n) is 2.85. The molecule has 1 aromatic rings. The Bertz CT molecular complexity index is 308. The van der Waals surface area contributed by atoms with E-state index in [1.807, 2.05) is 0 Å². The molecule has 3 nitrogen and oxygen atoms in total. The summed E-state index contributed by atoms with van der Waals surface area (Å²) in [6.45, 7) is 0. The zero-order valence-electron chi connectivity index (χ0n) is 7.80. The van der Waals surface area contributed by atoms with Crippen molar-refractivity contribution in [3.05, 3.63) is 29.8 Å². The lowest BCUT2D eigenvalue weighted by molar-refractivity contribution is -0.141. The van der Waals surface area contributed by atoms with E-state index in [2.05, 4.69) is 17.4 Å². The molecule has 0 aliphatic rings. The van der Waals surface area contributed by atoms with E-state index in [9.17, 15) is 4.79 Å². The number of rotatable bonds is 3. The van der Waals surface area contributed by atoms with Crippen LogP contribution in [0.4, 0.5) is 0 Å². The molecule has 4 heteroatoms. The lowest BCUT2D eigenvalue weighted by atomic mass is 10.0. The Morgan fingerprint density at radius 2 is 2.07 bits per heavy atom. The fourth-order valence-electron chi connectivity index (χ4n) is 1.16. The smallest absolute Gasteiger partial charge is 0.313 e. The molecule has 0 radical (unpaired) electrons. The van der Waals surface area contributed by atoms with Gasteiger partial charge < -0.3 is 9.84 Å². The first-order valence-electron chi connectivity index (χ1n) is 4.16. The zero-order chi connectivity index (χ0) is 10.6. The van der Waals surface area contributed by atoms with Crippen molar-refractivity contribution in [2.45, 2.75) is 5.92 Å². The highest BCUT2D eigenvalue weighted by Gasteiger charge is 2.19. The molecule has 0 amide bonds. The number of phenolic OH excluding ortho intramolecular Hbond substituents is 1. The van der Waals surface area contributed by atoms with E-state index in [0.717, 1.165) is 5.56 Å². The molecule has 0 aliphatic carbocycles. The van der Waals surface area contributed by atoms with Gasteiger partial charge in [-0.25, -0.2) is 0 Å². The predicted octanol–water partition coefficient (Wildman–Crippen LogP) is 1.58. The number of hydrogen-bond donors (Lipinski definition) is 2. The van der Waals surface area contributed by atoms with Gasteiger partial charge in [-0.05, 0) is 17.7 Å². The average molecular weight is 212 g/mol. The third kappa shape index (κ3) is 2.42. The maximum Gasteiger partial charge on any atom is 0.313 e. The lowest BCUT2D eigenvalue weighted by Gasteiger charge is -2.11. The standard InChI is InChI=1S/C10H12O3S/c1-13-10(12)9(6-14)7-2-4-8(11)5-3-7/h2-5,9,11,14H,6H2,1H3. The topological polar surface area (TPSA) is 46.5 Å². The van der Waals surface area contributed by atoms with Crippen molar-refractivity contribution in [1.29, 1.82) is 0 Å². The average Bonchev–Trinajstić information content (AvgIpc) is 2.21. The van der Waals surface area contributed by atoms with Gasteiger partial charge in [0.25, 0.3) is 0 Å². The third-order valence-corrected chi connectivity index (χ3v) is 2.33. The summed E-state index contributed by atoms with van der Waals surface area (Å²) < 4.78 is 4.64. The van der Waals surface area contributed by atoms with Gasteiger partial charge >= 0.3 is 5.97 Å². The molecule has 0 fully saturated rings. The first-order chi connectivity index (χ1) is 6.69. The van der Waals surface area contributed by atoms with E-state index in [4.69, 9.17) is 5.11 Å². The SMILES string of the molecule is COC(=O)C(CS)c1ccc(O)cc1. The summed E-state index contributed by atoms with van der Waals surface area (Å²) in [5.41, 5.74) is 0.796. The van der Waals surface area contributed by atoms with E-state index >= 15 is 0 Å². The van der Waals surface area contributed by atoms with Crippen LogP contribution in [0, 0.1) is 0 Å². The molecule has 0 heterocycles. The minimum atomic E-state index is -0.371. The summed E-state index contributed by atoms with van der Waals surface area (Å²) in [5.74, 6) is -0.122. The van der Waals surface area contributed by atoms with Crippen LogP contribution in [0.3, 0.4) is 0 Å². The molecular weight excluding hydrogens is 200 g/mol. The molecule has 0 saturated carbocycles. The molecule has 0 aliphatic heterocycles. The van der Waals surface area contributed by atoms with Crippen LogP contribution >= 0.6 is 12.6 Å². The Hall–Kier alpha value is -1.16. The Balaban J connectivity index is 2.89. The van der Waals surface area contributed by atoms with E-state index < -0.39 is 0 Å². The van der Waals surface area contributed by atoms with Crippen LogP contribution in [0.5, 0.6) is 5.75 Å². The number of carbonyl (C=O) groups excluding carboxylic acids is 1. The van der Waals surface area contributed by atoms with Gasteiger partial charge in [-0.15, -0.1) is 0 Å². The van der Waals surface area contributed by atoms with Gasteiger partial charge in [0, 0.05) is 5.75 Å². The predicted molar refractivity (Wildman–Crippen MR) is 56.7 cm³/mol. The summed E-state index contributed by atoms with van der Waals surface area (Å²) >= 11 is 4.08. The zero-order valence-corrected chi connectivity index (χ0v) is 8.70. The van der Waals surface area contributed by atoms with E-state index in [1.165, 1.54) is 19.2 Å². The maximum atomic E-state index is 11.3. The second-order valence-corrected chi connectivity index (χ2v) is 3.22. The highest BCUT2D eigenvalue weighted by Crippen LogP contribution is 2.21. The number of methoxy groups -OCH3 is 1. The maximum absolute atomic E-state index is 11.3. The summed E-state index contributed by atoms with van der Waals surface area (Å²) in [5, 5.41) is 9.07. The molecule has 1 aromatic carbocycles. The number of benzene rings is 1. The fraction of sp³-hybridized carbons (Fsp3) is 0.300. The Labute approximate surface area is 88.1 Å². The van der Waals surface area contributed by atoms with Gasteiger partial charge in [-0.1, -0.05) is 12.1 Å². The van der Waals surface area contributed by atoms with Crippen LogP contribution < -0.4 is 0 Å². The number of ether oxygens (including phenoxy) is 1. The summed E-state index contributed by atoms with van der Waals surface area (Å²) in [6, 6.07) is 6.45.